The molecule has 1 nitrogen and oxygen atoms in total. The van der Waals surface area contributed by atoms with Crippen LogP contribution in [0.3, 0.4) is 0 Å². The zero-order chi connectivity index (χ0) is 8.39. The Kier molecular flexibility index (Phi) is 2.26. The lowest BCUT2D eigenvalue weighted by Gasteiger charge is -2.03. The average Bonchev–Trinajstić information content (AvgIpc) is 2.75. The fourth-order valence-corrected chi connectivity index (χ4v) is 2.86. The number of aldehydes is 1. The van der Waals surface area contributed by atoms with Crippen molar-refractivity contribution < 1.29 is 4.79 Å². The molecule has 0 amide bonds. The van der Waals surface area contributed by atoms with Crippen LogP contribution in [0.5, 0.6) is 0 Å². The second-order valence-corrected chi connectivity index (χ2v) is 4.49. The smallest absolute Gasteiger partial charge is 0.160 e. The van der Waals surface area contributed by atoms with E-state index in [2.05, 4.69) is 6.07 Å². The zero-order valence-corrected chi connectivity index (χ0v) is 7.77. The summed E-state index contributed by atoms with van der Waals surface area (Å²) in [7, 11) is 0. The van der Waals surface area contributed by atoms with Crippen LogP contribution in [0.15, 0.2) is 12.1 Å². The Morgan fingerprint density at radius 2 is 2.08 bits per heavy atom. The average molecular weight is 180 g/mol. The van der Waals surface area contributed by atoms with Gasteiger partial charge in [0.15, 0.2) is 6.29 Å². The van der Waals surface area contributed by atoms with Crippen LogP contribution in [0.4, 0.5) is 0 Å². The van der Waals surface area contributed by atoms with Gasteiger partial charge in [0.25, 0.3) is 0 Å². The standard InChI is InChI=1S/C10H12OS/c11-7-9-5-6-10(12-9)8-3-1-2-4-8/h5-8H,1-4H2. The Morgan fingerprint density at radius 3 is 2.67 bits per heavy atom. The molecule has 2 rings (SSSR count). The predicted molar refractivity (Wildman–Crippen MR) is 50.9 cm³/mol. The van der Waals surface area contributed by atoms with Gasteiger partial charge in [0.05, 0.1) is 4.88 Å². The molecular formula is C10H12OS. The van der Waals surface area contributed by atoms with Crippen LogP contribution in [0.1, 0.15) is 46.2 Å². The number of hydrogen-bond donors (Lipinski definition) is 0. The van der Waals surface area contributed by atoms with Crippen molar-refractivity contribution in [3.05, 3.63) is 21.9 Å². The minimum atomic E-state index is 0.753. The second kappa shape index (κ2) is 3.40. The SMILES string of the molecule is O=Cc1ccc(C2CCCC2)s1. The Labute approximate surface area is 76.4 Å². The van der Waals surface area contributed by atoms with E-state index in [0.29, 0.717) is 0 Å². The maximum absolute atomic E-state index is 10.4. The summed E-state index contributed by atoms with van der Waals surface area (Å²) >= 11 is 1.66. The Hall–Kier alpha value is -0.630. The monoisotopic (exact) mass is 180 g/mol. The maximum Gasteiger partial charge on any atom is 0.160 e. The number of rotatable bonds is 2. The summed E-state index contributed by atoms with van der Waals surface area (Å²) in [5.74, 6) is 0.753. The molecule has 0 unspecified atom stereocenters. The molecule has 0 radical (unpaired) electrons. The lowest BCUT2D eigenvalue weighted by Crippen LogP contribution is -1.85. The summed E-state index contributed by atoms with van der Waals surface area (Å²) < 4.78 is 0. The van der Waals surface area contributed by atoms with Crippen molar-refractivity contribution in [2.45, 2.75) is 31.6 Å². The van der Waals surface area contributed by atoms with E-state index in [1.165, 1.54) is 30.6 Å². The Bertz CT molecular complexity index is 271. The van der Waals surface area contributed by atoms with Gasteiger partial charge in [-0.15, -0.1) is 11.3 Å². The molecule has 1 aliphatic carbocycles. The van der Waals surface area contributed by atoms with Gasteiger partial charge in [0.2, 0.25) is 0 Å². The topological polar surface area (TPSA) is 17.1 Å². The summed E-state index contributed by atoms with van der Waals surface area (Å²) in [5.41, 5.74) is 0. The molecule has 0 aromatic carbocycles. The maximum atomic E-state index is 10.4. The molecule has 1 aromatic heterocycles. The molecule has 1 saturated carbocycles. The second-order valence-electron chi connectivity index (χ2n) is 3.34. The molecule has 0 saturated heterocycles. The highest BCUT2D eigenvalue weighted by atomic mass is 32.1. The molecule has 1 fully saturated rings. The van der Waals surface area contributed by atoms with Crippen molar-refractivity contribution in [3.63, 3.8) is 0 Å². The van der Waals surface area contributed by atoms with Gasteiger partial charge in [0.1, 0.15) is 0 Å². The number of thiophene rings is 1. The van der Waals surface area contributed by atoms with E-state index < -0.39 is 0 Å². The summed E-state index contributed by atoms with van der Waals surface area (Å²) in [6.07, 6.45) is 6.30. The van der Waals surface area contributed by atoms with Gasteiger partial charge >= 0.3 is 0 Å². The van der Waals surface area contributed by atoms with Gasteiger partial charge in [-0.05, 0) is 30.9 Å². The van der Waals surface area contributed by atoms with E-state index in [1.807, 2.05) is 6.07 Å². The molecule has 0 aliphatic heterocycles. The van der Waals surface area contributed by atoms with E-state index in [1.54, 1.807) is 11.3 Å². The first-order valence-corrected chi connectivity index (χ1v) is 5.26. The van der Waals surface area contributed by atoms with Crippen LogP contribution in [0, 0.1) is 0 Å². The molecule has 2 heteroatoms. The van der Waals surface area contributed by atoms with Crippen LogP contribution in [-0.4, -0.2) is 6.29 Å². The molecule has 0 bridgehead atoms. The van der Waals surface area contributed by atoms with Gasteiger partial charge in [-0.2, -0.15) is 0 Å². The fourth-order valence-electron chi connectivity index (χ4n) is 1.86. The van der Waals surface area contributed by atoms with Crippen LogP contribution in [0.25, 0.3) is 0 Å². The highest BCUT2D eigenvalue weighted by Gasteiger charge is 2.18. The van der Waals surface area contributed by atoms with Crippen LogP contribution < -0.4 is 0 Å². The Morgan fingerprint density at radius 1 is 1.33 bits per heavy atom. The predicted octanol–water partition coefficient (Wildman–Crippen LogP) is 3.22. The molecule has 0 atom stereocenters. The van der Waals surface area contributed by atoms with Crippen molar-refractivity contribution >= 4 is 17.6 Å². The van der Waals surface area contributed by atoms with Gasteiger partial charge < -0.3 is 0 Å². The molecular weight excluding hydrogens is 168 g/mol. The van der Waals surface area contributed by atoms with E-state index in [4.69, 9.17) is 0 Å². The lowest BCUT2D eigenvalue weighted by atomic mass is 10.1. The van der Waals surface area contributed by atoms with Crippen molar-refractivity contribution in [2.75, 3.05) is 0 Å². The lowest BCUT2D eigenvalue weighted by molar-refractivity contribution is 0.112. The minimum Gasteiger partial charge on any atom is -0.297 e. The van der Waals surface area contributed by atoms with E-state index in [-0.39, 0.29) is 0 Å². The summed E-state index contributed by atoms with van der Waals surface area (Å²) in [6.45, 7) is 0. The van der Waals surface area contributed by atoms with Crippen LogP contribution >= 0.6 is 11.3 Å². The van der Waals surface area contributed by atoms with Crippen molar-refractivity contribution in [2.24, 2.45) is 0 Å². The molecule has 12 heavy (non-hydrogen) atoms. The van der Waals surface area contributed by atoms with Crippen molar-refractivity contribution in [1.29, 1.82) is 0 Å². The van der Waals surface area contributed by atoms with Gasteiger partial charge in [0, 0.05) is 4.88 Å². The fraction of sp³-hybridized carbons (Fsp3) is 0.500. The van der Waals surface area contributed by atoms with Gasteiger partial charge in [-0.1, -0.05) is 12.8 Å². The van der Waals surface area contributed by atoms with E-state index in [9.17, 15) is 4.79 Å². The summed E-state index contributed by atoms with van der Waals surface area (Å²) in [6, 6.07) is 4.05. The zero-order valence-electron chi connectivity index (χ0n) is 6.95. The Balaban J connectivity index is 2.16. The first kappa shape index (κ1) is 7.99. The number of hydrogen-bond acceptors (Lipinski definition) is 2. The molecule has 1 aliphatic rings. The van der Waals surface area contributed by atoms with Gasteiger partial charge in [-0.25, -0.2) is 0 Å². The number of carbonyl (C=O) groups is 1. The third-order valence-electron chi connectivity index (χ3n) is 2.52. The third-order valence-corrected chi connectivity index (χ3v) is 3.69. The third kappa shape index (κ3) is 1.44. The quantitative estimate of drug-likeness (QED) is 0.639. The number of carbonyl (C=O) groups excluding carboxylic acids is 1. The van der Waals surface area contributed by atoms with Crippen LogP contribution in [0.2, 0.25) is 0 Å². The van der Waals surface area contributed by atoms with Crippen molar-refractivity contribution in [1.82, 2.24) is 0 Å². The van der Waals surface area contributed by atoms with Crippen molar-refractivity contribution in [3.8, 4) is 0 Å². The largest absolute Gasteiger partial charge is 0.297 e. The minimum absolute atomic E-state index is 0.753. The first-order valence-electron chi connectivity index (χ1n) is 4.45. The highest BCUT2D eigenvalue weighted by Crippen LogP contribution is 2.37. The van der Waals surface area contributed by atoms with Gasteiger partial charge in [-0.3, -0.25) is 4.79 Å². The summed E-state index contributed by atoms with van der Waals surface area (Å²) in [5, 5.41) is 0. The molecule has 1 heterocycles. The molecule has 0 spiro atoms. The van der Waals surface area contributed by atoms with E-state index >= 15 is 0 Å². The highest BCUT2D eigenvalue weighted by molar-refractivity contribution is 7.13. The normalized spacial score (nSPS) is 18.3. The molecule has 0 N–H and O–H groups in total. The van der Waals surface area contributed by atoms with E-state index in [0.717, 1.165) is 17.1 Å². The first-order chi connectivity index (χ1) is 5.90. The van der Waals surface area contributed by atoms with Crippen LogP contribution in [-0.2, 0) is 0 Å². The molecule has 1 aromatic rings. The summed E-state index contributed by atoms with van der Waals surface area (Å²) in [4.78, 5) is 12.7. The molecule has 64 valence electrons.